The van der Waals surface area contributed by atoms with Gasteiger partial charge in [-0.05, 0) is 34.5 Å². The number of aryl methyl sites for hydroxylation is 1. The lowest BCUT2D eigenvalue weighted by atomic mass is 10.2. The summed E-state index contributed by atoms with van der Waals surface area (Å²) >= 11 is 4.97. The molecule has 11 heavy (non-hydrogen) atoms. The molecule has 62 valence electrons. The van der Waals surface area contributed by atoms with E-state index in [1.807, 2.05) is 13.0 Å². The molecule has 1 aromatic heterocycles. The number of aliphatic hydroxyl groups is 1. The van der Waals surface area contributed by atoms with Gasteiger partial charge in [-0.25, -0.2) is 0 Å². The number of nitrogens with two attached hydrogens (primary N) is 1. The van der Waals surface area contributed by atoms with Gasteiger partial charge in [0.1, 0.15) is 0 Å². The summed E-state index contributed by atoms with van der Waals surface area (Å²) in [7, 11) is 0. The lowest BCUT2D eigenvalue weighted by Gasteiger charge is -2.02. The van der Waals surface area contributed by atoms with Crippen LogP contribution in [-0.4, -0.2) is 11.7 Å². The molecule has 1 rings (SSSR count). The third-order valence-corrected chi connectivity index (χ3v) is 3.71. The van der Waals surface area contributed by atoms with E-state index >= 15 is 0 Å². The van der Waals surface area contributed by atoms with Gasteiger partial charge in [0.25, 0.3) is 0 Å². The van der Waals surface area contributed by atoms with Crippen molar-refractivity contribution in [2.24, 2.45) is 5.73 Å². The van der Waals surface area contributed by atoms with Crippen molar-refractivity contribution in [2.75, 3.05) is 6.61 Å². The number of hydrogen-bond acceptors (Lipinski definition) is 3. The quantitative estimate of drug-likeness (QED) is 0.822. The Morgan fingerprint density at radius 3 is 2.82 bits per heavy atom. The van der Waals surface area contributed by atoms with E-state index in [4.69, 9.17) is 10.8 Å². The molecule has 0 bridgehead atoms. The van der Waals surface area contributed by atoms with Crippen LogP contribution in [0, 0.1) is 6.92 Å². The van der Waals surface area contributed by atoms with E-state index in [1.165, 1.54) is 5.56 Å². The van der Waals surface area contributed by atoms with E-state index in [-0.39, 0.29) is 12.6 Å². The van der Waals surface area contributed by atoms with Gasteiger partial charge in [0, 0.05) is 4.88 Å². The smallest absolute Gasteiger partial charge is 0.0731 e. The molecule has 0 unspecified atom stereocenters. The summed E-state index contributed by atoms with van der Waals surface area (Å²) in [5.74, 6) is 0. The fourth-order valence-electron chi connectivity index (χ4n) is 0.756. The van der Waals surface area contributed by atoms with Crippen molar-refractivity contribution in [1.29, 1.82) is 0 Å². The van der Waals surface area contributed by atoms with E-state index < -0.39 is 0 Å². The van der Waals surface area contributed by atoms with Crippen LogP contribution in [0.3, 0.4) is 0 Å². The monoisotopic (exact) mass is 235 g/mol. The van der Waals surface area contributed by atoms with Gasteiger partial charge in [-0.3, -0.25) is 0 Å². The molecule has 1 atom stereocenters. The maximum absolute atomic E-state index is 8.75. The summed E-state index contributed by atoms with van der Waals surface area (Å²) in [5, 5.41) is 8.75. The molecule has 2 nitrogen and oxygen atoms in total. The van der Waals surface area contributed by atoms with Gasteiger partial charge in [0.2, 0.25) is 0 Å². The first-order chi connectivity index (χ1) is 5.15. The summed E-state index contributed by atoms with van der Waals surface area (Å²) < 4.78 is 1.09. The standard InChI is InChI=1S/C7H10BrNOS/c1-4-2-6(5(9)3-10)11-7(4)8/h2,5,10H,3,9H2,1H3/t5-/m0/s1. The zero-order chi connectivity index (χ0) is 8.43. The van der Waals surface area contributed by atoms with Gasteiger partial charge >= 0.3 is 0 Å². The zero-order valence-corrected chi connectivity index (χ0v) is 8.58. The highest BCUT2D eigenvalue weighted by Crippen LogP contribution is 2.30. The molecular weight excluding hydrogens is 226 g/mol. The fourth-order valence-corrected chi connectivity index (χ4v) is 2.32. The summed E-state index contributed by atoms with van der Waals surface area (Å²) in [6, 6.07) is 1.76. The minimum atomic E-state index is -0.231. The second-order valence-corrected chi connectivity index (χ2v) is 4.80. The molecule has 0 spiro atoms. The maximum Gasteiger partial charge on any atom is 0.0731 e. The summed E-state index contributed by atoms with van der Waals surface area (Å²) in [6.07, 6.45) is 0. The largest absolute Gasteiger partial charge is 0.394 e. The molecule has 0 aliphatic carbocycles. The Hall–Kier alpha value is 0.100. The van der Waals surface area contributed by atoms with Crippen LogP contribution in [0.2, 0.25) is 0 Å². The first-order valence-corrected chi connectivity index (χ1v) is 4.88. The lowest BCUT2D eigenvalue weighted by molar-refractivity contribution is 0.269. The molecule has 0 saturated carbocycles. The Labute approximate surface area is 78.2 Å². The molecule has 1 heterocycles. The van der Waals surface area contributed by atoms with Crippen molar-refractivity contribution in [3.8, 4) is 0 Å². The second-order valence-electron chi connectivity index (χ2n) is 2.39. The van der Waals surface area contributed by atoms with Crippen molar-refractivity contribution in [3.05, 3.63) is 20.3 Å². The average Bonchev–Trinajstić information content (AvgIpc) is 2.31. The summed E-state index contributed by atoms with van der Waals surface area (Å²) in [5.41, 5.74) is 6.79. The van der Waals surface area contributed by atoms with Crippen LogP contribution in [0.25, 0.3) is 0 Å². The highest BCUT2D eigenvalue weighted by molar-refractivity contribution is 9.11. The van der Waals surface area contributed by atoms with Gasteiger partial charge in [-0.2, -0.15) is 0 Å². The number of rotatable bonds is 2. The van der Waals surface area contributed by atoms with Crippen molar-refractivity contribution in [3.63, 3.8) is 0 Å². The molecule has 0 radical (unpaired) electrons. The van der Waals surface area contributed by atoms with Gasteiger partial charge in [-0.1, -0.05) is 0 Å². The van der Waals surface area contributed by atoms with Crippen molar-refractivity contribution >= 4 is 27.3 Å². The Bertz CT molecular complexity index is 229. The van der Waals surface area contributed by atoms with E-state index in [9.17, 15) is 0 Å². The van der Waals surface area contributed by atoms with Gasteiger partial charge < -0.3 is 10.8 Å². The van der Waals surface area contributed by atoms with E-state index in [1.54, 1.807) is 11.3 Å². The molecule has 1 aromatic rings. The highest BCUT2D eigenvalue weighted by atomic mass is 79.9. The lowest BCUT2D eigenvalue weighted by Crippen LogP contribution is -2.12. The summed E-state index contributed by atoms with van der Waals surface area (Å²) in [4.78, 5) is 1.02. The highest BCUT2D eigenvalue weighted by Gasteiger charge is 2.08. The van der Waals surface area contributed by atoms with Crippen molar-refractivity contribution in [2.45, 2.75) is 13.0 Å². The molecule has 3 N–H and O–H groups in total. The predicted molar refractivity (Wildman–Crippen MR) is 50.8 cm³/mol. The van der Waals surface area contributed by atoms with Gasteiger partial charge in [0.15, 0.2) is 0 Å². The zero-order valence-electron chi connectivity index (χ0n) is 6.17. The number of aliphatic hydroxyl groups excluding tert-OH is 1. The molecule has 0 fully saturated rings. The van der Waals surface area contributed by atoms with Crippen molar-refractivity contribution < 1.29 is 5.11 Å². The molecule has 4 heteroatoms. The fraction of sp³-hybridized carbons (Fsp3) is 0.429. The minimum Gasteiger partial charge on any atom is -0.394 e. The molecular formula is C7H10BrNOS. The first-order valence-electron chi connectivity index (χ1n) is 3.27. The van der Waals surface area contributed by atoms with Crippen LogP contribution in [0.5, 0.6) is 0 Å². The van der Waals surface area contributed by atoms with Crippen LogP contribution in [0.15, 0.2) is 9.85 Å². The Kier molecular flexibility index (Phi) is 3.06. The number of hydrogen-bond donors (Lipinski definition) is 2. The topological polar surface area (TPSA) is 46.2 Å². The number of halogens is 1. The normalized spacial score (nSPS) is 13.5. The van der Waals surface area contributed by atoms with Gasteiger partial charge in [0.05, 0.1) is 16.4 Å². The van der Waals surface area contributed by atoms with E-state index in [0.29, 0.717) is 0 Å². The van der Waals surface area contributed by atoms with Crippen LogP contribution in [-0.2, 0) is 0 Å². The molecule has 0 aliphatic rings. The SMILES string of the molecule is Cc1cc([C@@H](N)CO)sc1Br. The predicted octanol–water partition coefficient (Wildman–Crippen LogP) is 1.81. The Morgan fingerprint density at radius 2 is 2.45 bits per heavy atom. The van der Waals surface area contributed by atoms with Crippen molar-refractivity contribution in [1.82, 2.24) is 0 Å². The first kappa shape index (κ1) is 9.19. The number of thiophene rings is 1. The van der Waals surface area contributed by atoms with Crippen LogP contribution in [0.1, 0.15) is 16.5 Å². The molecule has 0 aromatic carbocycles. The minimum absolute atomic E-state index is 0.00634. The third-order valence-electron chi connectivity index (χ3n) is 1.44. The average molecular weight is 236 g/mol. The summed E-state index contributed by atoms with van der Waals surface area (Å²) in [6.45, 7) is 2.01. The Morgan fingerprint density at radius 1 is 1.82 bits per heavy atom. The van der Waals surface area contributed by atoms with Crippen LogP contribution in [0.4, 0.5) is 0 Å². The van der Waals surface area contributed by atoms with E-state index in [2.05, 4.69) is 15.9 Å². The molecule has 0 saturated heterocycles. The molecule has 0 amide bonds. The second kappa shape index (κ2) is 3.67. The Balaban J connectivity index is 2.88. The van der Waals surface area contributed by atoms with Gasteiger partial charge in [-0.15, -0.1) is 11.3 Å². The molecule has 0 aliphatic heterocycles. The van der Waals surface area contributed by atoms with Crippen LogP contribution < -0.4 is 5.73 Å². The van der Waals surface area contributed by atoms with E-state index in [0.717, 1.165) is 8.66 Å². The third kappa shape index (κ3) is 2.02. The maximum atomic E-state index is 8.75. The van der Waals surface area contributed by atoms with Crippen LogP contribution >= 0.6 is 27.3 Å².